The summed E-state index contributed by atoms with van der Waals surface area (Å²) in [6.07, 6.45) is 4.17. The topological polar surface area (TPSA) is 28.6 Å². The molecule has 2 aliphatic heterocycles. The average Bonchev–Trinajstić information content (AvgIpc) is 2.65. The minimum absolute atomic E-state index is 0.176. The van der Waals surface area contributed by atoms with Gasteiger partial charge in [-0.3, -0.25) is 4.90 Å². The third kappa shape index (κ3) is 3.47. The molecule has 2 aliphatic rings. The lowest BCUT2D eigenvalue weighted by molar-refractivity contribution is 0.0288. The number of hydrogen-bond donors (Lipinski definition) is 0. The van der Waals surface area contributed by atoms with Gasteiger partial charge >= 0.3 is 0 Å². The highest BCUT2D eigenvalue weighted by Crippen LogP contribution is 2.30. The maximum absolute atomic E-state index is 13.0. The molecule has 3 atom stereocenters. The van der Waals surface area contributed by atoms with Crippen molar-refractivity contribution in [3.8, 4) is 5.75 Å². The predicted molar refractivity (Wildman–Crippen MR) is 96.5 cm³/mol. The lowest BCUT2D eigenvalue weighted by atomic mass is 9.91. The zero-order chi connectivity index (χ0) is 17.2. The molecule has 4 nitrogen and oxygen atoms in total. The van der Waals surface area contributed by atoms with Crippen LogP contribution in [0.1, 0.15) is 19.8 Å². The molecule has 0 aliphatic carbocycles. The Balaban J connectivity index is 1.40. The van der Waals surface area contributed by atoms with Gasteiger partial charge in [0.05, 0.1) is 0 Å². The molecule has 0 saturated carbocycles. The zero-order valence-electron chi connectivity index (χ0n) is 14.5. The quantitative estimate of drug-likeness (QED) is 0.856. The van der Waals surface area contributed by atoms with E-state index in [4.69, 9.17) is 4.74 Å². The zero-order valence-corrected chi connectivity index (χ0v) is 14.5. The van der Waals surface area contributed by atoms with Crippen LogP contribution in [-0.2, 0) is 0 Å². The Hall–Kier alpha value is -2.14. The van der Waals surface area contributed by atoms with Crippen LogP contribution in [0.15, 0.2) is 48.7 Å². The summed E-state index contributed by atoms with van der Waals surface area (Å²) in [5.41, 5.74) is 0. The Morgan fingerprint density at radius 2 is 1.92 bits per heavy atom. The van der Waals surface area contributed by atoms with Crippen LogP contribution in [0.3, 0.4) is 0 Å². The summed E-state index contributed by atoms with van der Waals surface area (Å²) in [4.78, 5) is 9.48. The van der Waals surface area contributed by atoms with Crippen molar-refractivity contribution in [3.63, 3.8) is 0 Å². The Morgan fingerprint density at radius 3 is 2.68 bits per heavy atom. The molecule has 2 aromatic rings. The van der Waals surface area contributed by atoms with Gasteiger partial charge in [0, 0.05) is 37.9 Å². The number of hydrogen-bond acceptors (Lipinski definition) is 4. The highest BCUT2D eigenvalue weighted by molar-refractivity contribution is 5.40. The van der Waals surface area contributed by atoms with E-state index in [1.54, 1.807) is 12.1 Å². The summed E-state index contributed by atoms with van der Waals surface area (Å²) in [6.45, 7) is 5.24. The second-order valence-electron chi connectivity index (χ2n) is 6.96. The monoisotopic (exact) mass is 341 g/mol. The van der Waals surface area contributed by atoms with Crippen LogP contribution in [0, 0.1) is 5.82 Å². The van der Waals surface area contributed by atoms with Crippen LogP contribution in [0.25, 0.3) is 0 Å². The van der Waals surface area contributed by atoms with Gasteiger partial charge in [0.2, 0.25) is 0 Å². The van der Waals surface area contributed by atoms with Gasteiger partial charge in [-0.1, -0.05) is 6.07 Å². The van der Waals surface area contributed by atoms with Crippen molar-refractivity contribution in [2.24, 2.45) is 0 Å². The molecule has 2 saturated heterocycles. The lowest BCUT2D eigenvalue weighted by Gasteiger charge is -2.50. The first-order valence-corrected chi connectivity index (χ1v) is 9.04. The Labute approximate surface area is 148 Å². The maximum Gasteiger partial charge on any atom is 0.128 e. The molecule has 2 fully saturated rings. The molecule has 0 bridgehead atoms. The Bertz CT molecular complexity index is 694. The molecule has 0 amide bonds. The number of rotatable bonds is 3. The molecule has 4 rings (SSSR count). The van der Waals surface area contributed by atoms with E-state index >= 15 is 0 Å². The number of fused-ring (bicyclic) bond motifs is 1. The molecular formula is C20H24FN3O. The summed E-state index contributed by atoms with van der Waals surface area (Å²) in [5, 5.41) is 0. The third-order valence-electron chi connectivity index (χ3n) is 5.43. The Morgan fingerprint density at radius 1 is 1.08 bits per heavy atom. The summed E-state index contributed by atoms with van der Waals surface area (Å²) in [6, 6.07) is 13.4. The van der Waals surface area contributed by atoms with E-state index in [-0.39, 0.29) is 11.9 Å². The highest BCUT2D eigenvalue weighted by atomic mass is 19.1. The molecule has 0 radical (unpaired) electrons. The number of piperidine rings is 1. The molecule has 25 heavy (non-hydrogen) atoms. The van der Waals surface area contributed by atoms with E-state index < -0.39 is 0 Å². The van der Waals surface area contributed by atoms with Crippen LogP contribution >= 0.6 is 0 Å². The van der Waals surface area contributed by atoms with Crippen molar-refractivity contribution >= 4 is 5.82 Å². The normalized spacial score (nSPS) is 27.0. The first-order chi connectivity index (χ1) is 12.2. The molecule has 1 unspecified atom stereocenters. The number of nitrogens with zero attached hydrogens (tertiary/aromatic N) is 3. The molecule has 0 spiro atoms. The smallest absolute Gasteiger partial charge is 0.128 e. The van der Waals surface area contributed by atoms with Crippen molar-refractivity contribution < 1.29 is 9.13 Å². The van der Waals surface area contributed by atoms with Crippen LogP contribution in [-0.4, -0.2) is 47.7 Å². The summed E-state index contributed by atoms with van der Waals surface area (Å²) in [7, 11) is 0. The minimum Gasteiger partial charge on any atom is -0.489 e. The molecule has 3 heterocycles. The molecular weight excluding hydrogens is 317 g/mol. The van der Waals surface area contributed by atoms with Gasteiger partial charge in [0.15, 0.2) is 0 Å². The molecule has 5 heteroatoms. The first kappa shape index (κ1) is 16.3. The van der Waals surface area contributed by atoms with Crippen LogP contribution in [0.2, 0.25) is 0 Å². The molecule has 1 aromatic carbocycles. The van der Waals surface area contributed by atoms with E-state index in [1.807, 2.05) is 12.3 Å². The number of anilines is 1. The second-order valence-corrected chi connectivity index (χ2v) is 6.96. The van der Waals surface area contributed by atoms with Crippen molar-refractivity contribution in [2.75, 3.05) is 24.5 Å². The number of halogens is 1. The van der Waals surface area contributed by atoms with Gasteiger partial charge in [-0.2, -0.15) is 0 Å². The highest BCUT2D eigenvalue weighted by Gasteiger charge is 2.38. The minimum atomic E-state index is -0.226. The number of ether oxygens (including phenoxy) is 1. The van der Waals surface area contributed by atoms with Gasteiger partial charge in [0.1, 0.15) is 23.5 Å². The van der Waals surface area contributed by atoms with Crippen LogP contribution < -0.4 is 9.64 Å². The number of pyridine rings is 1. The van der Waals surface area contributed by atoms with Crippen molar-refractivity contribution in [3.05, 3.63) is 54.5 Å². The van der Waals surface area contributed by atoms with Crippen molar-refractivity contribution in [1.82, 2.24) is 9.88 Å². The fourth-order valence-corrected chi connectivity index (χ4v) is 4.13. The number of piperazine rings is 1. The number of benzene rings is 1. The predicted octanol–water partition coefficient (Wildman–Crippen LogP) is 3.34. The van der Waals surface area contributed by atoms with E-state index in [9.17, 15) is 4.39 Å². The van der Waals surface area contributed by atoms with Gasteiger partial charge in [-0.15, -0.1) is 0 Å². The summed E-state index contributed by atoms with van der Waals surface area (Å²) in [5.74, 6) is 1.60. The standard InChI is InChI=1S/C20H24FN3O/c1-15-19-10-9-18(25-17-7-5-16(21)6-8-17)14-23(19)12-13-24(15)20-4-2-3-11-22-20/h2-8,11,15,18-19H,9-10,12-14H2,1H3/t15?,18-,19+/m1/s1. The van der Waals surface area contributed by atoms with Crippen molar-refractivity contribution in [1.29, 1.82) is 0 Å². The average molecular weight is 341 g/mol. The van der Waals surface area contributed by atoms with E-state index in [0.29, 0.717) is 12.1 Å². The fourth-order valence-electron chi connectivity index (χ4n) is 4.13. The van der Waals surface area contributed by atoms with Gasteiger partial charge < -0.3 is 9.64 Å². The van der Waals surface area contributed by atoms with Crippen LogP contribution in [0.5, 0.6) is 5.75 Å². The largest absolute Gasteiger partial charge is 0.489 e. The third-order valence-corrected chi connectivity index (χ3v) is 5.43. The van der Waals surface area contributed by atoms with Gasteiger partial charge in [0.25, 0.3) is 0 Å². The SMILES string of the molecule is CC1[C@@H]2CC[C@@H](Oc3ccc(F)cc3)CN2CCN1c1ccccn1. The maximum atomic E-state index is 13.0. The summed E-state index contributed by atoms with van der Waals surface area (Å²) < 4.78 is 19.1. The molecule has 132 valence electrons. The van der Waals surface area contributed by atoms with Crippen molar-refractivity contribution in [2.45, 2.75) is 38.0 Å². The van der Waals surface area contributed by atoms with E-state index in [2.05, 4.69) is 33.8 Å². The molecule has 1 aromatic heterocycles. The lowest BCUT2D eigenvalue weighted by Crippen LogP contribution is -2.62. The molecule has 0 N–H and O–H groups in total. The van der Waals surface area contributed by atoms with Crippen LogP contribution in [0.4, 0.5) is 10.2 Å². The second kappa shape index (κ2) is 7.00. The fraction of sp³-hybridized carbons (Fsp3) is 0.450. The Kier molecular flexibility index (Phi) is 4.57. The van der Waals surface area contributed by atoms with Gasteiger partial charge in [-0.25, -0.2) is 9.37 Å². The number of aromatic nitrogens is 1. The van der Waals surface area contributed by atoms with Gasteiger partial charge in [-0.05, 0) is 56.2 Å². The summed E-state index contributed by atoms with van der Waals surface area (Å²) >= 11 is 0. The van der Waals surface area contributed by atoms with E-state index in [0.717, 1.165) is 44.0 Å². The van der Waals surface area contributed by atoms with E-state index in [1.165, 1.54) is 12.1 Å². The first-order valence-electron chi connectivity index (χ1n) is 9.04.